The molecule has 0 unspecified atom stereocenters. The quantitative estimate of drug-likeness (QED) is 0.0756. The SMILES string of the molecule is Fc1c(F)c(F)c(-c2c(F)c(F)c(-c3c(F)c(F)c(Bc4c(F)c(F)c5c(F)c(F)c(F)c(F)c5c4F)c(F)c3F)c(F)c2F)c(F)c1F. The first kappa shape index (κ1) is 35.3. The summed E-state index contributed by atoms with van der Waals surface area (Å²) >= 11 is 0. The molecule has 0 radical (unpaired) electrons. The third kappa shape index (κ3) is 4.78. The van der Waals surface area contributed by atoms with E-state index < -0.39 is 168 Å². The molecule has 256 valence electrons. The topological polar surface area (TPSA) is 0 Å². The maximum absolute atomic E-state index is 15.1. The van der Waals surface area contributed by atoms with Crippen LogP contribution in [0.15, 0.2) is 0 Å². The van der Waals surface area contributed by atoms with Gasteiger partial charge in [-0.3, -0.25) is 0 Å². The normalized spacial score (nSPS) is 11.7. The lowest BCUT2D eigenvalue weighted by molar-refractivity contribution is 0.379. The Hall–Kier alpha value is -4.98. The second-order valence-electron chi connectivity index (χ2n) is 9.66. The number of halogens is 20. The number of benzene rings is 5. The van der Waals surface area contributed by atoms with Crippen LogP contribution in [0.4, 0.5) is 87.8 Å². The van der Waals surface area contributed by atoms with E-state index in [0.717, 1.165) is 0 Å². The number of fused-ring (bicyclic) bond motifs is 1. The number of rotatable bonds is 4. The summed E-state index contributed by atoms with van der Waals surface area (Å²) in [5.41, 5.74) is -15.2. The maximum Gasteiger partial charge on any atom is 0.208 e. The highest BCUT2D eigenvalue weighted by atomic mass is 19.2. The van der Waals surface area contributed by atoms with Gasteiger partial charge in [-0.15, -0.1) is 0 Å². The Morgan fingerprint density at radius 3 is 0.714 bits per heavy atom. The summed E-state index contributed by atoms with van der Waals surface area (Å²) in [6.45, 7) is 0. The average Bonchev–Trinajstić information content (AvgIpc) is 3.06. The Morgan fingerprint density at radius 2 is 0.367 bits per heavy atom. The summed E-state index contributed by atoms with van der Waals surface area (Å²) in [7, 11) is -2.27. The van der Waals surface area contributed by atoms with Crippen molar-refractivity contribution in [3.63, 3.8) is 0 Å². The van der Waals surface area contributed by atoms with Crippen LogP contribution in [-0.4, -0.2) is 7.28 Å². The van der Waals surface area contributed by atoms with Gasteiger partial charge in [0.1, 0.15) is 5.82 Å². The lowest BCUT2D eigenvalue weighted by Crippen LogP contribution is -2.39. The zero-order valence-corrected chi connectivity index (χ0v) is 22.3. The zero-order chi connectivity index (χ0) is 36.9. The van der Waals surface area contributed by atoms with Crippen LogP contribution in [0.5, 0.6) is 0 Å². The van der Waals surface area contributed by atoms with Crippen molar-refractivity contribution in [3.05, 3.63) is 116 Å². The zero-order valence-electron chi connectivity index (χ0n) is 22.3. The molecular formula is C28HBF20. The number of hydrogen-bond acceptors (Lipinski definition) is 0. The monoisotopic (exact) mass is 728 g/mol. The van der Waals surface area contributed by atoms with Gasteiger partial charge in [0.15, 0.2) is 105 Å². The Kier molecular flexibility index (Phi) is 8.56. The molecular weight excluding hydrogens is 727 g/mol. The van der Waals surface area contributed by atoms with Gasteiger partial charge in [-0.05, 0) is 10.9 Å². The molecule has 5 rings (SSSR count). The van der Waals surface area contributed by atoms with Crippen molar-refractivity contribution in [2.45, 2.75) is 0 Å². The Balaban J connectivity index is 1.76. The Morgan fingerprint density at radius 1 is 0.184 bits per heavy atom. The molecule has 0 spiro atoms. The summed E-state index contributed by atoms with van der Waals surface area (Å²) in [5, 5.41) is -4.40. The predicted molar refractivity (Wildman–Crippen MR) is 127 cm³/mol. The van der Waals surface area contributed by atoms with Gasteiger partial charge >= 0.3 is 0 Å². The minimum atomic E-state index is -3.16. The van der Waals surface area contributed by atoms with Crippen molar-refractivity contribution < 1.29 is 87.8 Å². The van der Waals surface area contributed by atoms with Crippen molar-refractivity contribution in [1.29, 1.82) is 0 Å². The standard InChI is InChI=1S/C28HBF20/c30-9-1-2(18(39)25(46)24(45)17(1)38)14(35)21(42)7(9)29-8-22(43)15(36)5(16(37)23(8)44)3-10(31)12(33)4(13(34)11(3)32)6-19(40)26(47)28(49)27(48)20(6)41/h29H. The first-order valence-corrected chi connectivity index (χ1v) is 12.2. The Bertz CT molecular complexity index is 2230. The van der Waals surface area contributed by atoms with E-state index in [1.165, 1.54) is 0 Å². The van der Waals surface area contributed by atoms with Gasteiger partial charge in [0.05, 0.1) is 33.0 Å². The fraction of sp³-hybridized carbons (Fsp3) is 0. The van der Waals surface area contributed by atoms with E-state index in [-0.39, 0.29) is 0 Å². The van der Waals surface area contributed by atoms with Crippen molar-refractivity contribution in [2.24, 2.45) is 0 Å². The lowest BCUT2D eigenvalue weighted by atomic mass is 9.62. The third-order valence-electron chi connectivity index (χ3n) is 7.11. The fourth-order valence-electron chi connectivity index (χ4n) is 4.81. The van der Waals surface area contributed by atoms with E-state index in [9.17, 15) is 65.9 Å². The van der Waals surface area contributed by atoms with Gasteiger partial charge in [0, 0.05) is 0 Å². The summed E-state index contributed by atoms with van der Waals surface area (Å²) in [6.07, 6.45) is 0. The van der Waals surface area contributed by atoms with E-state index in [1.807, 2.05) is 0 Å². The molecule has 5 aromatic rings. The van der Waals surface area contributed by atoms with E-state index >= 15 is 22.0 Å². The summed E-state index contributed by atoms with van der Waals surface area (Å²) < 4.78 is 289. The average molecular weight is 728 g/mol. The highest BCUT2D eigenvalue weighted by Crippen LogP contribution is 2.42. The molecule has 21 heteroatoms. The van der Waals surface area contributed by atoms with E-state index in [0.29, 0.717) is 0 Å². The van der Waals surface area contributed by atoms with Crippen LogP contribution in [0.25, 0.3) is 33.0 Å². The van der Waals surface area contributed by atoms with Gasteiger partial charge < -0.3 is 0 Å². The third-order valence-corrected chi connectivity index (χ3v) is 7.11. The first-order chi connectivity index (χ1) is 22.7. The minimum Gasteiger partial charge on any atom is -0.207 e. The Labute approximate surface area is 256 Å². The molecule has 0 aliphatic carbocycles. The molecule has 0 bridgehead atoms. The molecule has 0 fully saturated rings. The number of hydrogen-bond donors (Lipinski definition) is 0. The fourth-order valence-corrected chi connectivity index (χ4v) is 4.81. The van der Waals surface area contributed by atoms with Crippen LogP contribution in [0.3, 0.4) is 0 Å². The molecule has 49 heavy (non-hydrogen) atoms. The predicted octanol–water partition coefficient (Wildman–Crippen LogP) is 8.34. The van der Waals surface area contributed by atoms with Crippen LogP contribution in [0, 0.1) is 116 Å². The minimum absolute atomic E-state index is 2.14. The molecule has 0 saturated heterocycles. The molecule has 0 aromatic heterocycles. The van der Waals surface area contributed by atoms with E-state index in [2.05, 4.69) is 0 Å². The molecule has 0 heterocycles. The molecule has 0 nitrogen and oxygen atoms in total. The molecule has 0 amide bonds. The van der Waals surface area contributed by atoms with Crippen LogP contribution >= 0.6 is 0 Å². The van der Waals surface area contributed by atoms with Gasteiger partial charge in [0.2, 0.25) is 13.1 Å². The van der Waals surface area contributed by atoms with Crippen LogP contribution in [0.1, 0.15) is 0 Å². The summed E-state index contributed by atoms with van der Waals surface area (Å²) in [6, 6.07) is 0. The molecule has 0 aliphatic rings. The van der Waals surface area contributed by atoms with Gasteiger partial charge in [0.25, 0.3) is 0 Å². The van der Waals surface area contributed by atoms with Gasteiger partial charge in [-0.1, -0.05) is 0 Å². The largest absolute Gasteiger partial charge is 0.208 e. The highest BCUT2D eigenvalue weighted by molar-refractivity contribution is 6.68. The van der Waals surface area contributed by atoms with Crippen molar-refractivity contribution in [3.8, 4) is 22.3 Å². The van der Waals surface area contributed by atoms with Crippen molar-refractivity contribution in [2.75, 3.05) is 0 Å². The van der Waals surface area contributed by atoms with Crippen LogP contribution in [-0.2, 0) is 0 Å². The van der Waals surface area contributed by atoms with Crippen molar-refractivity contribution in [1.82, 2.24) is 0 Å². The second-order valence-corrected chi connectivity index (χ2v) is 9.66. The van der Waals surface area contributed by atoms with Gasteiger partial charge in [-0.25, -0.2) is 87.8 Å². The molecule has 5 aromatic carbocycles. The molecule has 0 aliphatic heterocycles. The van der Waals surface area contributed by atoms with E-state index in [4.69, 9.17) is 0 Å². The molecule has 0 atom stereocenters. The molecule has 0 saturated carbocycles. The van der Waals surface area contributed by atoms with Crippen LogP contribution < -0.4 is 10.9 Å². The molecule has 0 N–H and O–H groups in total. The van der Waals surface area contributed by atoms with Gasteiger partial charge in [-0.2, -0.15) is 0 Å². The highest BCUT2D eigenvalue weighted by Gasteiger charge is 2.39. The second kappa shape index (κ2) is 11.9. The smallest absolute Gasteiger partial charge is 0.207 e. The van der Waals surface area contributed by atoms with Crippen molar-refractivity contribution >= 4 is 29.0 Å². The lowest BCUT2D eigenvalue weighted by Gasteiger charge is -2.17. The first-order valence-electron chi connectivity index (χ1n) is 12.2. The summed E-state index contributed by atoms with van der Waals surface area (Å²) in [4.78, 5) is 0. The summed E-state index contributed by atoms with van der Waals surface area (Å²) in [5.74, 6) is -58.5. The maximum atomic E-state index is 15.1. The van der Waals surface area contributed by atoms with E-state index in [1.54, 1.807) is 0 Å². The van der Waals surface area contributed by atoms with Crippen LogP contribution in [0.2, 0.25) is 0 Å².